The van der Waals surface area contributed by atoms with Gasteiger partial charge in [-0.2, -0.15) is 0 Å². The summed E-state index contributed by atoms with van der Waals surface area (Å²) < 4.78 is 6.98. The van der Waals surface area contributed by atoms with Gasteiger partial charge in [0.05, 0.1) is 0 Å². The van der Waals surface area contributed by atoms with Gasteiger partial charge in [-0.25, -0.2) is 0 Å². The average Bonchev–Trinajstić information content (AvgIpc) is 2.62. The molecule has 0 N–H and O–H groups in total. The van der Waals surface area contributed by atoms with Crippen LogP contribution in [0.25, 0.3) is 0 Å². The zero-order valence-corrected chi connectivity index (χ0v) is 18.0. The van der Waals surface area contributed by atoms with E-state index in [0.717, 1.165) is 13.0 Å². The quantitative estimate of drug-likeness (QED) is 0.448. The fraction of sp³-hybridized carbons (Fsp3) is 0.417. The maximum atomic E-state index is 6.98. The summed E-state index contributed by atoms with van der Waals surface area (Å²) in [6.45, 7) is 16.2. The monoisotopic (exact) mass is 366 g/mol. The highest BCUT2D eigenvalue weighted by molar-refractivity contribution is 6.99. The fourth-order valence-electron chi connectivity index (χ4n) is 3.83. The second-order valence-electron chi connectivity index (χ2n) is 8.53. The van der Waals surface area contributed by atoms with E-state index in [4.69, 9.17) is 4.43 Å². The van der Waals surface area contributed by atoms with Gasteiger partial charge in [-0.05, 0) is 33.7 Å². The lowest BCUT2D eigenvalue weighted by Gasteiger charge is -2.43. The van der Waals surface area contributed by atoms with Crippen LogP contribution in [0.4, 0.5) is 0 Å². The molecule has 2 rings (SSSR count). The summed E-state index contributed by atoms with van der Waals surface area (Å²) in [6, 6.07) is 21.7. The Labute approximate surface area is 161 Å². The van der Waals surface area contributed by atoms with E-state index >= 15 is 0 Å². The first-order chi connectivity index (χ1) is 12.3. The molecule has 2 heteroatoms. The molecule has 0 aliphatic carbocycles. The molecule has 0 spiro atoms. The van der Waals surface area contributed by atoms with Crippen molar-refractivity contribution in [2.24, 2.45) is 11.8 Å². The van der Waals surface area contributed by atoms with Crippen molar-refractivity contribution in [2.45, 2.75) is 46.1 Å². The lowest BCUT2D eigenvalue weighted by molar-refractivity contribution is 0.230. The van der Waals surface area contributed by atoms with Gasteiger partial charge in [0, 0.05) is 6.61 Å². The summed E-state index contributed by atoms with van der Waals surface area (Å²) in [5.41, 5.74) is 0. The Morgan fingerprint density at radius 1 is 0.923 bits per heavy atom. The lowest BCUT2D eigenvalue weighted by Crippen LogP contribution is -2.66. The van der Waals surface area contributed by atoms with E-state index in [-0.39, 0.29) is 5.04 Å². The van der Waals surface area contributed by atoms with Crippen molar-refractivity contribution in [3.8, 4) is 0 Å². The summed E-state index contributed by atoms with van der Waals surface area (Å²) in [7, 11) is -2.40. The van der Waals surface area contributed by atoms with E-state index < -0.39 is 8.32 Å². The molecule has 2 atom stereocenters. The van der Waals surface area contributed by atoms with Crippen LogP contribution >= 0.6 is 0 Å². The van der Waals surface area contributed by atoms with Crippen LogP contribution in [-0.4, -0.2) is 14.9 Å². The molecule has 140 valence electrons. The normalized spacial score (nSPS) is 14.7. The molecule has 1 nitrogen and oxygen atoms in total. The highest BCUT2D eigenvalue weighted by Crippen LogP contribution is 2.37. The van der Waals surface area contributed by atoms with Crippen molar-refractivity contribution in [1.29, 1.82) is 0 Å². The van der Waals surface area contributed by atoms with Crippen LogP contribution in [0.3, 0.4) is 0 Å². The third kappa shape index (κ3) is 4.55. The van der Waals surface area contributed by atoms with Crippen LogP contribution in [0.2, 0.25) is 5.04 Å². The molecular weight excluding hydrogens is 332 g/mol. The van der Waals surface area contributed by atoms with Gasteiger partial charge in [0.15, 0.2) is 0 Å². The number of allylic oxidation sites excluding steroid dienone is 1. The predicted molar refractivity (Wildman–Crippen MR) is 117 cm³/mol. The van der Waals surface area contributed by atoms with Crippen molar-refractivity contribution < 1.29 is 4.43 Å². The molecule has 0 heterocycles. The Morgan fingerprint density at radius 2 is 1.38 bits per heavy atom. The third-order valence-corrected chi connectivity index (χ3v) is 10.2. The van der Waals surface area contributed by atoms with Gasteiger partial charge in [-0.1, -0.05) is 101 Å². The maximum Gasteiger partial charge on any atom is 0.261 e. The van der Waals surface area contributed by atoms with Crippen molar-refractivity contribution in [2.75, 3.05) is 6.61 Å². The minimum Gasteiger partial charge on any atom is -0.407 e. The van der Waals surface area contributed by atoms with E-state index in [1.54, 1.807) is 0 Å². The van der Waals surface area contributed by atoms with Crippen LogP contribution in [-0.2, 0) is 4.43 Å². The summed E-state index contributed by atoms with van der Waals surface area (Å²) in [5.74, 6) is 1.03. The molecule has 0 aliphatic rings. The van der Waals surface area contributed by atoms with Gasteiger partial charge in [0.1, 0.15) is 0 Å². The van der Waals surface area contributed by atoms with Crippen LogP contribution in [0, 0.1) is 11.8 Å². The topological polar surface area (TPSA) is 9.23 Å². The Bertz CT molecular complexity index is 633. The zero-order valence-electron chi connectivity index (χ0n) is 17.0. The van der Waals surface area contributed by atoms with Crippen LogP contribution < -0.4 is 10.4 Å². The van der Waals surface area contributed by atoms with E-state index in [2.05, 4.69) is 102 Å². The van der Waals surface area contributed by atoms with Gasteiger partial charge in [0.2, 0.25) is 0 Å². The average molecular weight is 367 g/mol. The van der Waals surface area contributed by atoms with Crippen LogP contribution in [0.1, 0.15) is 41.0 Å². The van der Waals surface area contributed by atoms with Crippen molar-refractivity contribution in [3.05, 3.63) is 73.3 Å². The summed E-state index contributed by atoms with van der Waals surface area (Å²) >= 11 is 0. The summed E-state index contributed by atoms with van der Waals surface area (Å²) in [5, 5.41) is 2.74. The molecular formula is C24H34OSi. The molecule has 0 aromatic heterocycles. The van der Waals surface area contributed by atoms with Gasteiger partial charge in [-0.3, -0.25) is 0 Å². The first-order valence-corrected chi connectivity index (χ1v) is 11.6. The first-order valence-electron chi connectivity index (χ1n) is 9.69. The molecule has 0 fully saturated rings. The summed E-state index contributed by atoms with van der Waals surface area (Å²) in [4.78, 5) is 0. The fourth-order valence-corrected chi connectivity index (χ4v) is 8.52. The maximum absolute atomic E-state index is 6.98. The van der Waals surface area contributed by atoms with Crippen LogP contribution in [0.5, 0.6) is 0 Å². The standard InChI is InChI=1S/C24H34OSi/c1-7-20(2)18-21(3)19-25-26(24(4,5)6,22-14-10-8-11-15-22)23-16-12-9-13-17-23/h7-17,20-21H,1,18-19H2,2-6H3/t20-,21+/m0/s1. The second-order valence-corrected chi connectivity index (χ2v) is 12.8. The third-order valence-electron chi connectivity index (χ3n) is 5.18. The highest BCUT2D eigenvalue weighted by Gasteiger charge is 2.50. The Morgan fingerprint density at radius 3 is 1.77 bits per heavy atom. The Balaban J connectivity index is 2.45. The van der Waals surface area contributed by atoms with Gasteiger partial charge in [-0.15, -0.1) is 6.58 Å². The Hall–Kier alpha value is -1.64. The predicted octanol–water partition coefficient (Wildman–Crippen LogP) is 5.41. The summed E-state index contributed by atoms with van der Waals surface area (Å²) in [6.07, 6.45) is 3.15. The molecule has 0 radical (unpaired) electrons. The minimum absolute atomic E-state index is 0.0412. The molecule has 0 amide bonds. The van der Waals surface area contributed by atoms with E-state index in [1.807, 2.05) is 6.08 Å². The highest BCUT2D eigenvalue weighted by atomic mass is 28.4. The van der Waals surface area contributed by atoms with Gasteiger partial charge >= 0.3 is 0 Å². The molecule has 0 aliphatic heterocycles. The van der Waals surface area contributed by atoms with E-state index in [0.29, 0.717) is 11.8 Å². The number of rotatable bonds is 8. The lowest BCUT2D eigenvalue weighted by atomic mass is 9.98. The van der Waals surface area contributed by atoms with E-state index in [1.165, 1.54) is 10.4 Å². The van der Waals surface area contributed by atoms with E-state index in [9.17, 15) is 0 Å². The molecule has 2 aromatic rings. The van der Waals surface area contributed by atoms with Crippen molar-refractivity contribution >= 4 is 18.7 Å². The molecule has 0 saturated heterocycles. The second kappa shape index (κ2) is 8.83. The molecule has 26 heavy (non-hydrogen) atoms. The molecule has 0 unspecified atom stereocenters. The first kappa shape index (κ1) is 20.7. The van der Waals surface area contributed by atoms with Crippen molar-refractivity contribution in [1.82, 2.24) is 0 Å². The number of benzene rings is 2. The smallest absolute Gasteiger partial charge is 0.261 e. The van der Waals surface area contributed by atoms with Crippen LogP contribution in [0.15, 0.2) is 73.3 Å². The van der Waals surface area contributed by atoms with Gasteiger partial charge < -0.3 is 4.43 Å². The largest absolute Gasteiger partial charge is 0.407 e. The Kier molecular flexibility index (Phi) is 7.02. The zero-order chi connectivity index (χ0) is 19.2. The SMILES string of the molecule is C=C[C@H](C)C[C@@H](C)CO[Si](c1ccccc1)(c1ccccc1)C(C)(C)C. The van der Waals surface area contributed by atoms with Gasteiger partial charge in [0.25, 0.3) is 8.32 Å². The van der Waals surface area contributed by atoms with Crippen molar-refractivity contribution in [3.63, 3.8) is 0 Å². The number of hydrogen-bond acceptors (Lipinski definition) is 1. The number of hydrogen-bond donors (Lipinski definition) is 0. The minimum atomic E-state index is -2.40. The molecule has 0 saturated carbocycles. The molecule has 2 aromatic carbocycles. The molecule has 0 bridgehead atoms.